The lowest BCUT2D eigenvalue weighted by Crippen LogP contribution is -2.30. The quantitative estimate of drug-likeness (QED) is 0.828. The van der Waals surface area contributed by atoms with Gasteiger partial charge in [-0.2, -0.15) is 5.10 Å². The summed E-state index contributed by atoms with van der Waals surface area (Å²) in [5.41, 5.74) is 1.30. The van der Waals surface area contributed by atoms with E-state index in [0.29, 0.717) is 0 Å². The Balaban J connectivity index is 1.65. The lowest BCUT2D eigenvalue weighted by atomic mass is 9.94. The summed E-state index contributed by atoms with van der Waals surface area (Å²) in [5.74, 6) is 0.747. The molecule has 4 heteroatoms. The Kier molecular flexibility index (Phi) is 4.79. The number of nitrogens with zero attached hydrogens (tertiary/aromatic N) is 3. The Hall–Kier alpha value is -1.94. The summed E-state index contributed by atoms with van der Waals surface area (Å²) in [5, 5.41) is 7.95. The van der Waals surface area contributed by atoms with E-state index in [0.717, 1.165) is 19.0 Å². The summed E-state index contributed by atoms with van der Waals surface area (Å²) in [6.45, 7) is 1.87. The van der Waals surface area contributed by atoms with Crippen molar-refractivity contribution in [3.8, 4) is 0 Å². The van der Waals surface area contributed by atoms with Crippen molar-refractivity contribution in [2.45, 2.75) is 31.8 Å². The van der Waals surface area contributed by atoms with Crippen LogP contribution in [0, 0.1) is 5.92 Å². The van der Waals surface area contributed by atoms with Crippen LogP contribution in [0.25, 0.3) is 0 Å². The largest absolute Gasteiger partial charge is 0.308 e. The Morgan fingerprint density at radius 1 is 1.24 bits per heavy atom. The molecule has 0 saturated carbocycles. The highest BCUT2D eigenvalue weighted by molar-refractivity contribution is 5.18. The number of allylic oxidation sites excluding steroid dienone is 2. The van der Waals surface area contributed by atoms with Gasteiger partial charge in [-0.15, -0.1) is 0 Å². The molecule has 0 fully saturated rings. The standard InChI is InChI=1S/C17H22N4/c1-3-7-15(8-4-1)11-19-17(12-21-14-18-13-20-21)16-9-5-2-6-10-16/h1-3,5-6,9-10,13-15,17,19H,4,7-8,11-12H2. The number of aromatic nitrogens is 3. The van der Waals surface area contributed by atoms with Gasteiger partial charge in [-0.05, 0) is 37.3 Å². The van der Waals surface area contributed by atoms with Crippen LogP contribution < -0.4 is 5.32 Å². The summed E-state index contributed by atoms with van der Waals surface area (Å²) >= 11 is 0. The Morgan fingerprint density at radius 2 is 2.14 bits per heavy atom. The summed E-state index contributed by atoms with van der Waals surface area (Å²) in [7, 11) is 0. The predicted octanol–water partition coefficient (Wildman–Crippen LogP) is 2.97. The van der Waals surface area contributed by atoms with E-state index in [1.165, 1.54) is 24.8 Å². The van der Waals surface area contributed by atoms with Crippen molar-refractivity contribution in [1.82, 2.24) is 20.1 Å². The first-order chi connectivity index (χ1) is 10.4. The van der Waals surface area contributed by atoms with Gasteiger partial charge in [-0.3, -0.25) is 4.68 Å². The second-order valence-electron chi connectivity index (χ2n) is 5.64. The van der Waals surface area contributed by atoms with E-state index in [2.05, 4.69) is 57.9 Å². The molecule has 2 unspecified atom stereocenters. The zero-order valence-corrected chi connectivity index (χ0v) is 12.2. The fourth-order valence-electron chi connectivity index (χ4n) is 2.84. The average Bonchev–Trinajstić information content (AvgIpc) is 3.06. The van der Waals surface area contributed by atoms with E-state index in [-0.39, 0.29) is 6.04 Å². The lowest BCUT2D eigenvalue weighted by Gasteiger charge is -2.24. The van der Waals surface area contributed by atoms with E-state index in [9.17, 15) is 0 Å². The van der Waals surface area contributed by atoms with Gasteiger partial charge in [0.25, 0.3) is 0 Å². The van der Waals surface area contributed by atoms with E-state index in [4.69, 9.17) is 0 Å². The third-order valence-electron chi connectivity index (χ3n) is 4.07. The van der Waals surface area contributed by atoms with Gasteiger partial charge in [0.1, 0.15) is 12.7 Å². The molecule has 0 spiro atoms. The van der Waals surface area contributed by atoms with Gasteiger partial charge in [-0.25, -0.2) is 4.98 Å². The zero-order chi connectivity index (χ0) is 14.3. The number of hydrogen-bond acceptors (Lipinski definition) is 3. The molecule has 1 aliphatic rings. The van der Waals surface area contributed by atoms with Crippen LogP contribution in [0.5, 0.6) is 0 Å². The minimum Gasteiger partial charge on any atom is -0.308 e. The maximum absolute atomic E-state index is 4.23. The van der Waals surface area contributed by atoms with Crippen LogP contribution in [0.4, 0.5) is 0 Å². The molecule has 1 aromatic carbocycles. The van der Waals surface area contributed by atoms with Crippen molar-refractivity contribution in [2.24, 2.45) is 5.92 Å². The van der Waals surface area contributed by atoms with Gasteiger partial charge in [0.15, 0.2) is 0 Å². The van der Waals surface area contributed by atoms with Gasteiger partial charge >= 0.3 is 0 Å². The first-order valence-corrected chi connectivity index (χ1v) is 7.67. The topological polar surface area (TPSA) is 42.7 Å². The third kappa shape index (κ3) is 4.02. The molecule has 3 rings (SSSR count). The summed E-state index contributed by atoms with van der Waals surface area (Å²) in [4.78, 5) is 4.03. The molecule has 0 aliphatic heterocycles. The smallest absolute Gasteiger partial charge is 0.137 e. The van der Waals surface area contributed by atoms with Crippen LogP contribution in [-0.4, -0.2) is 21.3 Å². The van der Waals surface area contributed by atoms with E-state index >= 15 is 0 Å². The molecule has 0 radical (unpaired) electrons. The minimum atomic E-state index is 0.277. The van der Waals surface area contributed by atoms with E-state index < -0.39 is 0 Å². The molecule has 2 aromatic rings. The van der Waals surface area contributed by atoms with Crippen molar-refractivity contribution in [3.05, 3.63) is 60.7 Å². The van der Waals surface area contributed by atoms with Crippen LogP contribution in [-0.2, 0) is 6.54 Å². The van der Waals surface area contributed by atoms with Crippen molar-refractivity contribution < 1.29 is 0 Å². The van der Waals surface area contributed by atoms with Crippen molar-refractivity contribution in [2.75, 3.05) is 6.54 Å². The minimum absolute atomic E-state index is 0.277. The van der Waals surface area contributed by atoms with Crippen molar-refractivity contribution >= 4 is 0 Å². The Labute approximate surface area is 125 Å². The molecule has 21 heavy (non-hydrogen) atoms. The normalized spacial score (nSPS) is 19.5. The van der Waals surface area contributed by atoms with Crippen LogP contribution in [0.3, 0.4) is 0 Å². The second-order valence-corrected chi connectivity index (χ2v) is 5.64. The molecule has 1 heterocycles. The molecule has 1 aliphatic carbocycles. The molecule has 0 amide bonds. The van der Waals surface area contributed by atoms with Gasteiger partial charge in [0.05, 0.1) is 12.6 Å². The number of rotatable bonds is 6. The molecular weight excluding hydrogens is 260 g/mol. The van der Waals surface area contributed by atoms with Crippen LogP contribution in [0.15, 0.2) is 55.1 Å². The van der Waals surface area contributed by atoms with Crippen molar-refractivity contribution in [3.63, 3.8) is 0 Å². The van der Waals surface area contributed by atoms with Gasteiger partial charge in [0, 0.05) is 0 Å². The molecule has 1 aromatic heterocycles. The first kappa shape index (κ1) is 14.0. The fraction of sp³-hybridized carbons (Fsp3) is 0.412. The molecule has 4 nitrogen and oxygen atoms in total. The predicted molar refractivity (Wildman–Crippen MR) is 83.7 cm³/mol. The third-order valence-corrected chi connectivity index (χ3v) is 4.07. The highest BCUT2D eigenvalue weighted by Gasteiger charge is 2.15. The van der Waals surface area contributed by atoms with E-state index in [1.807, 2.05) is 4.68 Å². The molecular formula is C17H22N4. The summed E-state index contributed by atoms with van der Waals surface area (Å²) in [6.07, 6.45) is 11.7. The average molecular weight is 282 g/mol. The maximum Gasteiger partial charge on any atom is 0.137 e. The maximum atomic E-state index is 4.23. The molecule has 2 atom stereocenters. The zero-order valence-electron chi connectivity index (χ0n) is 12.2. The highest BCUT2D eigenvalue weighted by Crippen LogP contribution is 2.20. The van der Waals surface area contributed by atoms with Gasteiger partial charge in [-0.1, -0.05) is 42.5 Å². The second kappa shape index (κ2) is 7.18. The highest BCUT2D eigenvalue weighted by atomic mass is 15.3. The Morgan fingerprint density at radius 3 is 2.86 bits per heavy atom. The van der Waals surface area contributed by atoms with Gasteiger partial charge in [0.2, 0.25) is 0 Å². The number of hydrogen-bond donors (Lipinski definition) is 1. The van der Waals surface area contributed by atoms with Crippen LogP contribution >= 0.6 is 0 Å². The van der Waals surface area contributed by atoms with Gasteiger partial charge < -0.3 is 5.32 Å². The first-order valence-electron chi connectivity index (χ1n) is 7.67. The molecule has 1 N–H and O–H groups in total. The summed E-state index contributed by atoms with van der Waals surface area (Å²) < 4.78 is 1.89. The monoisotopic (exact) mass is 282 g/mol. The Bertz CT molecular complexity index is 547. The fourth-order valence-corrected chi connectivity index (χ4v) is 2.84. The molecule has 110 valence electrons. The van der Waals surface area contributed by atoms with Crippen LogP contribution in [0.2, 0.25) is 0 Å². The summed E-state index contributed by atoms with van der Waals surface area (Å²) in [6, 6.07) is 10.9. The lowest BCUT2D eigenvalue weighted by molar-refractivity contribution is 0.373. The van der Waals surface area contributed by atoms with E-state index in [1.54, 1.807) is 12.7 Å². The SMILES string of the molecule is C1=CCC(CNC(Cn2cncn2)c2ccccc2)CC1. The number of benzene rings is 1. The van der Waals surface area contributed by atoms with Crippen LogP contribution in [0.1, 0.15) is 30.9 Å². The van der Waals surface area contributed by atoms with Crippen molar-refractivity contribution in [1.29, 1.82) is 0 Å². The molecule has 0 bridgehead atoms. The molecule has 0 saturated heterocycles. The number of nitrogens with one attached hydrogen (secondary N) is 1.